The molecule has 0 atom stereocenters. The first-order valence-electron chi connectivity index (χ1n) is 4.78. The van der Waals surface area contributed by atoms with Crippen LogP contribution < -0.4 is 0 Å². The number of pyridine rings is 1. The van der Waals surface area contributed by atoms with Crippen LogP contribution in [0, 0.1) is 0 Å². The monoisotopic (exact) mass is 269 g/mol. The molecule has 0 fully saturated rings. The Hall–Kier alpha value is -1.73. The third-order valence-electron chi connectivity index (χ3n) is 1.94. The molecular weight excluding hydrogens is 261 g/mol. The molecule has 0 radical (unpaired) electrons. The summed E-state index contributed by atoms with van der Waals surface area (Å²) in [5.41, 5.74) is -2.26. The molecule has 3 nitrogen and oxygen atoms in total. The second-order valence-corrected chi connectivity index (χ2v) is 3.22. The summed E-state index contributed by atoms with van der Waals surface area (Å²) in [6.07, 6.45) is -4.44. The van der Waals surface area contributed by atoms with Crippen molar-refractivity contribution in [3.8, 4) is 0 Å². The van der Waals surface area contributed by atoms with E-state index >= 15 is 0 Å². The lowest BCUT2D eigenvalue weighted by molar-refractivity contribution is -0.173. The Morgan fingerprint density at radius 3 is 2.28 bits per heavy atom. The van der Waals surface area contributed by atoms with Crippen LogP contribution in [0.2, 0.25) is 0 Å². The Balaban J connectivity index is 3.01. The summed E-state index contributed by atoms with van der Waals surface area (Å²) in [6.45, 7) is 1.06. The van der Waals surface area contributed by atoms with Gasteiger partial charge in [0.05, 0.1) is 12.2 Å². The van der Waals surface area contributed by atoms with Crippen molar-refractivity contribution in [2.75, 3.05) is 6.61 Å². The Labute approximate surface area is 98.6 Å². The predicted octanol–water partition coefficient (Wildman–Crippen LogP) is 2.76. The average Bonchev–Trinajstić information content (AvgIpc) is 2.28. The van der Waals surface area contributed by atoms with Gasteiger partial charge in [-0.1, -0.05) is 0 Å². The Bertz CT molecular complexity index is 427. The summed E-state index contributed by atoms with van der Waals surface area (Å²) in [6, 6.07) is 0.870. The van der Waals surface area contributed by atoms with E-state index < -0.39 is 29.3 Å². The molecule has 1 aromatic heterocycles. The van der Waals surface area contributed by atoms with Gasteiger partial charge in [-0.05, 0) is 19.1 Å². The SMILES string of the molecule is CCOC(=O)C(F)(F)c1ccc(C(F)(F)F)cn1. The van der Waals surface area contributed by atoms with Gasteiger partial charge < -0.3 is 4.74 Å². The fourth-order valence-electron chi connectivity index (χ4n) is 1.07. The van der Waals surface area contributed by atoms with Crippen molar-refractivity contribution in [1.82, 2.24) is 4.98 Å². The normalized spacial score (nSPS) is 12.3. The maximum Gasteiger partial charge on any atom is 0.417 e. The van der Waals surface area contributed by atoms with Crippen molar-refractivity contribution in [1.29, 1.82) is 0 Å². The third kappa shape index (κ3) is 2.93. The number of carbonyl (C=O) groups excluding carboxylic acids is 1. The Kier molecular flexibility index (Phi) is 3.88. The number of hydrogen-bond acceptors (Lipinski definition) is 3. The van der Waals surface area contributed by atoms with Crippen LogP contribution in [0.4, 0.5) is 22.0 Å². The lowest BCUT2D eigenvalue weighted by atomic mass is 10.2. The molecule has 8 heteroatoms. The van der Waals surface area contributed by atoms with Gasteiger partial charge in [-0.15, -0.1) is 0 Å². The van der Waals surface area contributed by atoms with E-state index in [1.807, 2.05) is 0 Å². The molecule has 1 aromatic rings. The van der Waals surface area contributed by atoms with Crippen molar-refractivity contribution in [2.45, 2.75) is 19.0 Å². The molecule has 100 valence electrons. The first-order valence-corrected chi connectivity index (χ1v) is 4.78. The molecule has 0 N–H and O–H groups in total. The van der Waals surface area contributed by atoms with Gasteiger partial charge in [-0.25, -0.2) is 4.79 Å². The smallest absolute Gasteiger partial charge is 0.417 e. The van der Waals surface area contributed by atoms with Gasteiger partial charge in [0.2, 0.25) is 0 Å². The van der Waals surface area contributed by atoms with Crippen LogP contribution >= 0.6 is 0 Å². The molecule has 0 aromatic carbocycles. The van der Waals surface area contributed by atoms with Gasteiger partial charge in [0.25, 0.3) is 0 Å². The van der Waals surface area contributed by atoms with Gasteiger partial charge >= 0.3 is 18.1 Å². The highest BCUT2D eigenvalue weighted by Gasteiger charge is 2.44. The molecule has 0 aliphatic heterocycles. The zero-order valence-corrected chi connectivity index (χ0v) is 9.09. The van der Waals surface area contributed by atoms with Gasteiger partial charge in [0.1, 0.15) is 5.69 Å². The molecule has 0 unspecified atom stereocenters. The number of alkyl halides is 5. The molecule has 1 heterocycles. The van der Waals surface area contributed by atoms with Crippen molar-refractivity contribution >= 4 is 5.97 Å². The van der Waals surface area contributed by atoms with Crippen LogP contribution in [0.5, 0.6) is 0 Å². The molecule has 0 bridgehead atoms. The molecular formula is C10H8F5NO2. The molecule has 1 rings (SSSR count). The zero-order valence-electron chi connectivity index (χ0n) is 9.09. The lowest BCUT2D eigenvalue weighted by Crippen LogP contribution is -2.29. The predicted molar refractivity (Wildman–Crippen MR) is 49.8 cm³/mol. The largest absolute Gasteiger partial charge is 0.461 e. The molecule has 0 saturated carbocycles. The quantitative estimate of drug-likeness (QED) is 0.625. The van der Waals surface area contributed by atoms with Gasteiger partial charge in [0.15, 0.2) is 0 Å². The summed E-state index contributed by atoms with van der Waals surface area (Å²) in [5.74, 6) is -5.92. The number of nitrogens with zero attached hydrogens (tertiary/aromatic N) is 1. The number of carbonyl (C=O) groups is 1. The number of hydrogen-bond donors (Lipinski definition) is 0. The number of aromatic nitrogens is 1. The van der Waals surface area contributed by atoms with Crippen LogP contribution in [0.3, 0.4) is 0 Å². The van der Waals surface area contributed by atoms with E-state index in [1.165, 1.54) is 6.92 Å². The maximum atomic E-state index is 13.3. The summed E-state index contributed by atoms with van der Waals surface area (Å²) in [5, 5.41) is 0. The van der Waals surface area contributed by atoms with Crippen molar-refractivity contribution in [2.24, 2.45) is 0 Å². The molecule has 0 amide bonds. The first kappa shape index (κ1) is 14.3. The molecule has 0 spiro atoms. The third-order valence-corrected chi connectivity index (χ3v) is 1.94. The fraction of sp³-hybridized carbons (Fsp3) is 0.400. The maximum absolute atomic E-state index is 13.3. The minimum Gasteiger partial charge on any atom is -0.461 e. The standard InChI is InChI=1S/C10H8F5NO2/c1-2-18-8(17)9(11,12)7-4-3-6(5-16-7)10(13,14)15/h3-5H,2H2,1H3. The van der Waals surface area contributed by atoms with E-state index in [0.29, 0.717) is 12.1 Å². The minimum absolute atomic E-state index is 0.239. The molecule has 0 saturated heterocycles. The number of rotatable bonds is 3. The van der Waals surface area contributed by atoms with Gasteiger partial charge in [-0.3, -0.25) is 4.98 Å². The van der Waals surface area contributed by atoms with Crippen molar-refractivity contribution in [3.63, 3.8) is 0 Å². The second-order valence-electron chi connectivity index (χ2n) is 3.22. The van der Waals surface area contributed by atoms with E-state index in [-0.39, 0.29) is 12.8 Å². The average molecular weight is 269 g/mol. The van der Waals surface area contributed by atoms with Crippen molar-refractivity contribution < 1.29 is 31.5 Å². The Morgan fingerprint density at radius 1 is 1.28 bits per heavy atom. The van der Waals surface area contributed by atoms with E-state index in [4.69, 9.17) is 0 Å². The van der Waals surface area contributed by atoms with Crippen LogP contribution in [-0.4, -0.2) is 17.6 Å². The van der Waals surface area contributed by atoms with E-state index in [1.54, 1.807) is 0 Å². The lowest BCUT2D eigenvalue weighted by Gasteiger charge is -2.14. The van der Waals surface area contributed by atoms with Gasteiger partial charge in [-0.2, -0.15) is 22.0 Å². The fourth-order valence-corrected chi connectivity index (χ4v) is 1.07. The first-order chi connectivity index (χ1) is 8.19. The van der Waals surface area contributed by atoms with Crippen LogP contribution in [0.1, 0.15) is 18.2 Å². The van der Waals surface area contributed by atoms with Crippen LogP contribution in [0.25, 0.3) is 0 Å². The molecule has 18 heavy (non-hydrogen) atoms. The van der Waals surface area contributed by atoms with E-state index in [0.717, 1.165) is 0 Å². The summed E-state index contributed by atoms with van der Waals surface area (Å²) in [4.78, 5) is 13.9. The van der Waals surface area contributed by atoms with E-state index in [9.17, 15) is 26.7 Å². The molecule has 0 aliphatic rings. The second kappa shape index (κ2) is 4.87. The van der Waals surface area contributed by atoms with Crippen LogP contribution in [0.15, 0.2) is 18.3 Å². The highest BCUT2D eigenvalue weighted by Crippen LogP contribution is 2.32. The van der Waals surface area contributed by atoms with Crippen LogP contribution in [-0.2, 0) is 21.6 Å². The summed E-state index contributed by atoms with van der Waals surface area (Å²) < 4.78 is 67.3. The Morgan fingerprint density at radius 2 is 1.89 bits per heavy atom. The highest BCUT2D eigenvalue weighted by molar-refractivity contribution is 5.78. The number of halogens is 5. The summed E-state index contributed by atoms with van der Waals surface area (Å²) >= 11 is 0. The van der Waals surface area contributed by atoms with Gasteiger partial charge in [0, 0.05) is 6.20 Å². The summed E-state index contributed by atoms with van der Waals surface area (Å²) in [7, 11) is 0. The number of esters is 1. The molecule has 0 aliphatic carbocycles. The zero-order chi connectivity index (χ0) is 14.0. The topological polar surface area (TPSA) is 39.2 Å². The number of ether oxygens (including phenoxy) is 1. The van der Waals surface area contributed by atoms with E-state index in [2.05, 4.69) is 9.72 Å². The minimum atomic E-state index is -4.68. The van der Waals surface area contributed by atoms with Crippen molar-refractivity contribution in [3.05, 3.63) is 29.6 Å². The highest BCUT2D eigenvalue weighted by atomic mass is 19.4.